The summed E-state index contributed by atoms with van der Waals surface area (Å²) in [7, 11) is -3.39. The predicted octanol–water partition coefficient (Wildman–Crippen LogP) is 1.07. The summed E-state index contributed by atoms with van der Waals surface area (Å²) < 4.78 is 28.1. The lowest BCUT2D eigenvalue weighted by Gasteiger charge is -2.36. The van der Waals surface area contributed by atoms with Crippen molar-refractivity contribution >= 4 is 16.1 Å². The highest BCUT2D eigenvalue weighted by molar-refractivity contribution is 7.86. The van der Waals surface area contributed by atoms with Crippen LogP contribution in [0, 0.1) is 0 Å². The number of nitrogens with zero attached hydrogens (tertiary/aromatic N) is 3. The zero-order chi connectivity index (χ0) is 19.2. The Bertz CT molecular complexity index is 669. The minimum atomic E-state index is -3.39. The van der Waals surface area contributed by atoms with Crippen LogP contribution in [0.2, 0.25) is 0 Å². The summed E-state index contributed by atoms with van der Waals surface area (Å²) in [6.45, 7) is 8.84. The molecule has 0 aliphatic carbocycles. The molecule has 0 aromatic heterocycles. The Morgan fingerprint density at radius 3 is 2.23 bits per heavy atom. The zero-order valence-corrected chi connectivity index (χ0v) is 16.7. The molecule has 1 fully saturated rings. The van der Waals surface area contributed by atoms with Gasteiger partial charge in [0.05, 0.1) is 12.6 Å². The van der Waals surface area contributed by atoms with E-state index in [2.05, 4.69) is 5.32 Å². The number of nitrogens with one attached hydrogen (secondary N) is 1. The van der Waals surface area contributed by atoms with E-state index >= 15 is 0 Å². The Hall–Kier alpha value is -1.48. The SMILES string of the molecule is CCN(CC)S(=O)(=O)N1CCN(CC(=O)N[C@@H](C)c2ccccc2)CC1. The summed E-state index contributed by atoms with van der Waals surface area (Å²) in [6, 6.07) is 9.78. The van der Waals surface area contributed by atoms with E-state index in [0.717, 1.165) is 5.56 Å². The van der Waals surface area contributed by atoms with Crippen molar-refractivity contribution in [1.82, 2.24) is 18.8 Å². The number of carbonyl (C=O) groups excluding carboxylic acids is 1. The molecule has 1 N–H and O–H groups in total. The van der Waals surface area contributed by atoms with Gasteiger partial charge in [0.15, 0.2) is 0 Å². The highest BCUT2D eigenvalue weighted by Crippen LogP contribution is 2.13. The topological polar surface area (TPSA) is 73.0 Å². The molecule has 0 radical (unpaired) electrons. The monoisotopic (exact) mass is 382 g/mol. The summed E-state index contributed by atoms with van der Waals surface area (Å²) in [4.78, 5) is 14.3. The molecule has 0 unspecified atom stereocenters. The van der Waals surface area contributed by atoms with Gasteiger partial charge in [-0.3, -0.25) is 9.69 Å². The van der Waals surface area contributed by atoms with E-state index in [9.17, 15) is 13.2 Å². The largest absolute Gasteiger partial charge is 0.348 e. The third-order valence-corrected chi connectivity index (χ3v) is 6.92. The predicted molar refractivity (Wildman–Crippen MR) is 103 cm³/mol. The second-order valence-corrected chi connectivity index (χ2v) is 8.40. The van der Waals surface area contributed by atoms with Gasteiger partial charge in [-0.2, -0.15) is 17.0 Å². The van der Waals surface area contributed by atoms with Crippen molar-refractivity contribution < 1.29 is 13.2 Å². The van der Waals surface area contributed by atoms with E-state index in [1.807, 2.05) is 56.0 Å². The lowest BCUT2D eigenvalue weighted by Crippen LogP contribution is -2.54. The number of benzene rings is 1. The van der Waals surface area contributed by atoms with E-state index in [1.54, 1.807) is 0 Å². The maximum absolute atomic E-state index is 12.5. The van der Waals surface area contributed by atoms with Gasteiger partial charge < -0.3 is 5.32 Å². The van der Waals surface area contributed by atoms with Gasteiger partial charge in [0.1, 0.15) is 0 Å². The van der Waals surface area contributed by atoms with Crippen molar-refractivity contribution in [3.05, 3.63) is 35.9 Å². The molecule has 1 heterocycles. The highest BCUT2D eigenvalue weighted by atomic mass is 32.2. The third-order valence-electron chi connectivity index (χ3n) is 4.73. The number of piperazine rings is 1. The van der Waals surface area contributed by atoms with Gasteiger partial charge in [-0.15, -0.1) is 0 Å². The van der Waals surface area contributed by atoms with Gasteiger partial charge in [0.25, 0.3) is 10.2 Å². The maximum atomic E-state index is 12.5. The Morgan fingerprint density at radius 2 is 1.69 bits per heavy atom. The van der Waals surface area contributed by atoms with Crippen molar-refractivity contribution in [2.45, 2.75) is 26.8 Å². The van der Waals surface area contributed by atoms with Gasteiger partial charge in [-0.05, 0) is 12.5 Å². The maximum Gasteiger partial charge on any atom is 0.282 e. The first-order valence-electron chi connectivity index (χ1n) is 9.20. The fourth-order valence-electron chi connectivity index (χ4n) is 3.15. The van der Waals surface area contributed by atoms with Crippen molar-refractivity contribution in [3.8, 4) is 0 Å². The molecular formula is C18H30N4O3S. The van der Waals surface area contributed by atoms with Crippen LogP contribution >= 0.6 is 0 Å². The Labute approximate surface area is 157 Å². The van der Waals surface area contributed by atoms with Crippen LogP contribution in [0.4, 0.5) is 0 Å². The zero-order valence-electron chi connectivity index (χ0n) is 15.9. The second kappa shape index (κ2) is 9.45. The Kier molecular flexibility index (Phi) is 7.57. The van der Waals surface area contributed by atoms with Crippen LogP contribution in [0.1, 0.15) is 32.4 Å². The minimum Gasteiger partial charge on any atom is -0.348 e. The first-order chi connectivity index (χ1) is 12.4. The van der Waals surface area contributed by atoms with Crippen molar-refractivity contribution in [1.29, 1.82) is 0 Å². The summed E-state index contributed by atoms with van der Waals surface area (Å²) in [6.07, 6.45) is 0. The Morgan fingerprint density at radius 1 is 1.12 bits per heavy atom. The van der Waals surface area contributed by atoms with Crippen molar-refractivity contribution in [2.75, 3.05) is 45.8 Å². The third kappa shape index (κ3) is 5.26. The fourth-order valence-corrected chi connectivity index (χ4v) is 4.75. The first-order valence-corrected chi connectivity index (χ1v) is 10.6. The van der Waals surface area contributed by atoms with Gasteiger partial charge in [-0.25, -0.2) is 0 Å². The second-order valence-electron chi connectivity index (χ2n) is 6.47. The number of rotatable bonds is 8. The van der Waals surface area contributed by atoms with E-state index in [-0.39, 0.29) is 18.5 Å². The van der Waals surface area contributed by atoms with Gasteiger partial charge in [-0.1, -0.05) is 44.2 Å². The molecule has 1 aliphatic heterocycles. The normalized spacial score (nSPS) is 18.0. The highest BCUT2D eigenvalue weighted by Gasteiger charge is 2.31. The average molecular weight is 383 g/mol. The molecule has 7 nitrogen and oxygen atoms in total. The molecule has 1 atom stereocenters. The van der Waals surface area contributed by atoms with E-state index in [0.29, 0.717) is 39.3 Å². The minimum absolute atomic E-state index is 0.0404. The fraction of sp³-hybridized carbons (Fsp3) is 0.611. The number of amides is 1. The lowest BCUT2D eigenvalue weighted by atomic mass is 10.1. The molecule has 26 heavy (non-hydrogen) atoms. The summed E-state index contributed by atoms with van der Waals surface area (Å²) >= 11 is 0. The number of carbonyl (C=O) groups is 1. The van der Waals surface area contributed by atoms with Gasteiger partial charge >= 0.3 is 0 Å². The van der Waals surface area contributed by atoms with Gasteiger partial charge in [0.2, 0.25) is 5.91 Å². The van der Waals surface area contributed by atoms with Crippen LogP contribution in [0.25, 0.3) is 0 Å². The van der Waals surface area contributed by atoms with Crippen LogP contribution in [-0.2, 0) is 15.0 Å². The van der Waals surface area contributed by atoms with Crippen LogP contribution in [0.15, 0.2) is 30.3 Å². The summed E-state index contributed by atoms with van der Waals surface area (Å²) in [5, 5.41) is 3.00. The Balaban J connectivity index is 1.82. The quantitative estimate of drug-likeness (QED) is 0.730. The molecule has 1 saturated heterocycles. The van der Waals surface area contributed by atoms with Crippen molar-refractivity contribution in [2.24, 2.45) is 0 Å². The summed E-state index contributed by atoms with van der Waals surface area (Å²) in [5.41, 5.74) is 1.07. The number of hydrogen-bond donors (Lipinski definition) is 1. The molecule has 2 rings (SSSR count). The number of hydrogen-bond acceptors (Lipinski definition) is 4. The molecule has 8 heteroatoms. The van der Waals surface area contributed by atoms with Crippen LogP contribution in [-0.4, -0.2) is 73.6 Å². The van der Waals surface area contributed by atoms with Crippen LogP contribution < -0.4 is 5.32 Å². The lowest BCUT2D eigenvalue weighted by molar-refractivity contribution is -0.123. The molecule has 0 spiro atoms. The van der Waals surface area contributed by atoms with E-state index < -0.39 is 10.2 Å². The average Bonchev–Trinajstić information content (AvgIpc) is 2.63. The van der Waals surface area contributed by atoms with Crippen molar-refractivity contribution in [3.63, 3.8) is 0 Å². The molecule has 0 bridgehead atoms. The standard InChI is InChI=1S/C18H30N4O3S/c1-4-21(5-2)26(24,25)22-13-11-20(12-14-22)15-18(23)19-16(3)17-9-7-6-8-10-17/h6-10,16H,4-5,11-15H2,1-3H3,(H,19,23)/t16-/m0/s1. The molecule has 1 aliphatic rings. The molecule has 1 aromatic rings. The molecule has 0 saturated carbocycles. The van der Waals surface area contributed by atoms with Gasteiger partial charge in [0, 0.05) is 39.3 Å². The van der Waals surface area contributed by atoms with E-state index in [4.69, 9.17) is 0 Å². The molecule has 1 amide bonds. The summed E-state index contributed by atoms with van der Waals surface area (Å²) in [5.74, 6) is -0.0404. The van der Waals surface area contributed by atoms with Crippen LogP contribution in [0.5, 0.6) is 0 Å². The smallest absolute Gasteiger partial charge is 0.282 e. The molecule has 1 aromatic carbocycles. The van der Waals surface area contributed by atoms with Crippen LogP contribution in [0.3, 0.4) is 0 Å². The molecule has 146 valence electrons. The van der Waals surface area contributed by atoms with E-state index in [1.165, 1.54) is 8.61 Å². The first kappa shape index (κ1) is 20.8. The molecular weight excluding hydrogens is 352 g/mol.